The van der Waals surface area contributed by atoms with Crippen LogP contribution in [0.1, 0.15) is 34.6 Å². The number of hydrogen-bond donors (Lipinski definition) is 1. The van der Waals surface area contributed by atoms with Crippen LogP contribution in [0, 0.1) is 0 Å². The van der Waals surface area contributed by atoms with Gasteiger partial charge in [-0.15, -0.1) is 0 Å². The summed E-state index contributed by atoms with van der Waals surface area (Å²) in [5.41, 5.74) is -0.320. The maximum Gasteiger partial charge on any atom is 0.0657 e. The molecule has 0 aliphatic carbocycles. The van der Waals surface area contributed by atoms with Crippen molar-refractivity contribution >= 4 is 0 Å². The Morgan fingerprint density at radius 3 is 1.85 bits per heavy atom. The summed E-state index contributed by atoms with van der Waals surface area (Å²) in [6.45, 7) is 12.2. The molecule has 1 saturated heterocycles. The molecule has 20 heavy (non-hydrogen) atoms. The molecular weight excluding hydrogens is 254 g/mol. The number of rotatable bonds is 2. The first-order valence-electron chi connectivity index (χ1n) is 7.01. The van der Waals surface area contributed by atoms with Gasteiger partial charge in [-0.25, -0.2) is 0 Å². The van der Waals surface area contributed by atoms with E-state index in [9.17, 15) is 5.21 Å². The Kier molecular flexibility index (Phi) is 6.07. The zero-order valence-corrected chi connectivity index (χ0v) is 13.2. The Labute approximate surface area is 122 Å². The number of aromatic nitrogens is 1. The highest BCUT2D eigenvalue weighted by atomic mass is 16.7. The third kappa shape index (κ3) is 4.83. The first-order valence-corrected chi connectivity index (χ1v) is 7.01. The highest BCUT2D eigenvalue weighted by Gasteiger charge is 2.45. The fourth-order valence-corrected chi connectivity index (χ4v) is 2.69. The maximum absolute atomic E-state index is 9.62. The number of hydroxylamine groups is 4. The monoisotopic (exact) mass is 281 g/mol. The average molecular weight is 281 g/mol. The van der Waals surface area contributed by atoms with Gasteiger partial charge in [0.2, 0.25) is 0 Å². The molecule has 0 spiro atoms. The van der Waals surface area contributed by atoms with Gasteiger partial charge in [0.15, 0.2) is 0 Å². The number of nitrogens with zero attached hydrogens (tertiary/aromatic N) is 3. The summed E-state index contributed by atoms with van der Waals surface area (Å²) in [6, 6.07) is 5.72. The Bertz CT molecular complexity index is 337. The predicted octanol–water partition coefficient (Wildman–Crippen LogP) is 2.58. The highest BCUT2D eigenvalue weighted by molar-refractivity contribution is 4.95. The van der Waals surface area contributed by atoms with Gasteiger partial charge in [0.1, 0.15) is 0 Å². The van der Waals surface area contributed by atoms with Crippen molar-refractivity contribution in [3.8, 4) is 0 Å². The zero-order chi connectivity index (χ0) is 15.2. The van der Waals surface area contributed by atoms with Crippen molar-refractivity contribution in [2.45, 2.75) is 45.7 Å². The minimum absolute atomic E-state index is 0.160. The molecule has 0 saturated carbocycles. The predicted molar refractivity (Wildman–Crippen MR) is 79.2 cm³/mol. The summed E-state index contributed by atoms with van der Waals surface area (Å²) in [6.07, 6.45) is 3.50. The van der Waals surface area contributed by atoms with Crippen LogP contribution in [0.25, 0.3) is 0 Å². The largest absolute Gasteiger partial charge is 0.314 e. The molecule has 0 unspecified atom stereocenters. The lowest BCUT2D eigenvalue weighted by molar-refractivity contribution is -0.317. The van der Waals surface area contributed by atoms with E-state index in [0.717, 1.165) is 0 Å². The molecule has 114 valence electrons. The van der Waals surface area contributed by atoms with Gasteiger partial charge in [0.25, 0.3) is 0 Å². The minimum atomic E-state index is -0.160. The molecule has 1 aromatic heterocycles. The lowest BCUT2D eigenvalue weighted by Gasteiger charge is -2.53. The van der Waals surface area contributed by atoms with E-state index in [2.05, 4.69) is 32.7 Å². The van der Waals surface area contributed by atoms with Gasteiger partial charge in [-0.1, -0.05) is 6.07 Å². The molecule has 0 atom stereocenters. The minimum Gasteiger partial charge on any atom is -0.314 e. The van der Waals surface area contributed by atoms with E-state index >= 15 is 0 Å². The van der Waals surface area contributed by atoms with Crippen molar-refractivity contribution in [1.82, 2.24) is 15.1 Å². The summed E-state index contributed by atoms with van der Waals surface area (Å²) in [5.74, 6) is 0. The van der Waals surface area contributed by atoms with Crippen molar-refractivity contribution < 1.29 is 10.0 Å². The Hall–Kier alpha value is -1.01. The second-order valence-corrected chi connectivity index (χ2v) is 6.18. The molecule has 5 heteroatoms. The lowest BCUT2D eigenvalue weighted by Crippen LogP contribution is -2.67. The van der Waals surface area contributed by atoms with Gasteiger partial charge >= 0.3 is 0 Å². The van der Waals surface area contributed by atoms with Crippen LogP contribution in [0.15, 0.2) is 30.6 Å². The van der Waals surface area contributed by atoms with Crippen molar-refractivity contribution in [1.29, 1.82) is 0 Å². The van der Waals surface area contributed by atoms with Gasteiger partial charge < -0.3 is 5.21 Å². The molecule has 0 bridgehead atoms. The van der Waals surface area contributed by atoms with Crippen LogP contribution in [0.2, 0.25) is 0 Å². The van der Waals surface area contributed by atoms with E-state index in [1.165, 1.54) is 5.06 Å². The standard InChI is InChI=1S/C10H22N2O2.C5H5N/c1-6-14-12-9(2,3)7-11(13)8-10(12,4)5;1-2-4-6-5-3-1/h13H,6-8H2,1-5H3;1-5H. The summed E-state index contributed by atoms with van der Waals surface area (Å²) in [5, 5.41) is 13.0. The smallest absolute Gasteiger partial charge is 0.0657 e. The van der Waals surface area contributed by atoms with Gasteiger partial charge in [-0.3, -0.25) is 9.82 Å². The van der Waals surface area contributed by atoms with Gasteiger partial charge in [0, 0.05) is 25.5 Å². The molecule has 1 N–H and O–H groups in total. The summed E-state index contributed by atoms with van der Waals surface area (Å²) in [4.78, 5) is 9.44. The van der Waals surface area contributed by atoms with Crippen LogP contribution in [0.4, 0.5) is 0 Å². The SMILES string of the molecule is CCON1C(C)(C)CN(O)CC1(C)C.c1ccncc1. The van der Waals surface area contributed by atoms with Crippen LogP contribution >= 0.6 is 0 Å². The van der Waals surface area contributed by atoms with Crippen molar-refractivity contribution in [2.24, 2.45) is 0 Å². The first kappa shape index (κ1) is 17.0. The number of pyridine rings is 1. The molecule has 1 aliphatic heterocycles. The van der Waals surface area contributed by atoms with Crippen molar-refractivity contribution in [3.63, 3.8) is 0 Å². The average Bonchev–Trinajstić information content (AvgIpc) is 2.35. The topological polar surface area (TPSA) is 48.8 Å². The van der Waals surface area contributed by atoms with Crippen LogP contribution in [-0.4, -0.2) is 51.1 Å². The normalized spacial score (nSPS) is 21.9. The molecule has 1 aromatic rings. The first-order chi connectivity index (χ1) is 9.29. The maximum atomic E-state index is 9.62. The van der Waals surface area contributed by atoms with E-state index in [-0.39, 0.29) is 11.1 Å². The molecule has 0 amide bonds. The van der Waals surface area contributed by atoms with Gasteiger partial charge in [-0.05, 0) is 46.8 Å². The Morgan fingerprint density at radius 1 is 1.05 bits per heavy atom. The molecular formula is C15H27N3O2. The Balaban J connectivity index is 0.000000276. The van der Waals surface area contributed by atoms with E-state index < -0.39 is 0 Å². The molecule has 0 aromatic carbocycles. The number of hydrogen-bond acceptors (Lipinski definition) is 5. The molecule has 1 aliphatic rings. The van der Waals surface area contributed by atoms with E-state index in [4.69, 9.17) is 4.84 Å². The zero-order valence-electron chi connectivity index (χ0n) is 13.2. The molecule has 5 nitrogen and oxygen atoms in total. The van der Waals surface area contributed by atoms with Crippen LogP contribution in [-0.2, 0) is 4.84 Å². The fourth-order valence-electron chi connectivity index (χ4n) is 2.69. The third-order valence-electron chi connectivity index (χ3n) is 3.06. The fraction of sp³-hybridized carbons (Fsp3) is 0.667. The second kappa shape index (κ2) is 7.13. The molecule has 0 radical (unpaired) electrons. The molecule has 2 rings (SSSR count). The highest BCUT2D eigenvalue weighted by Crippen LogP contribution is 2.31. The molecule has 1 fully saturated rings. The van der Waals surface area contributed by atoms with Crippen LogP contribution in [0.5, 0.6) is 0 Å². The summed E-state index contributed by atoms with van der Waals surface area (Å²) >= 11 is 0. The van der Waals surface area contributed by atoms with Gasteiger partial charge in [0.05, 0.1) is 17.7 Å². The van der Waals surface area contributed by atoms with Crippen LogP contribution < -0.4 is 0 Å². The van der Waals surface area contributed by atoms with Crippen molar-refractivity contribution in [3.05, 3.63) is 30.6 Å². The Morgan fingerprint density at radius 2 is 1.55 bits per heavy atom. The summed E-state index contributed by atoms with van der Waals surface area (Å²) in [7, 11) is 0. The van der Waals surface area contributed by atoms with Crippen molar-refractivity contribution in [2.75, 3.05) is 19.7 Å². The molecule has 2 heterocycles. The van der Waals surface area contributed by atoms with Crippen LogP contribution in [0.3, 0.4) is 0 Å². The van der Waals surface area contributed by atoms with Gasteiger partial charge in [-0.2, -0.15) is 10.1 Å². The van der Waals surface area contributed by atoms with E-state index in [0.29, 0.717) is 19.7 Å². The number of piperazine rings is 1. The quantitative estimate of drug-likeness (QED) is 0.903. The van der Waals surface area contributed by atoms with E-state index in [1.807, 2.05) is 30.2 Å². The second-order valence-electron chi connectivity index (χ2n) is 6.18. The summed E-state index contributed by atoms with van der Waals surface area (Å²) < 4.78 is 0. The van der Waals surface area contributed by atoms with E-state index in [1.54, 1.807) is 12.4 Å². The lowest BCUT2D eigenvalue weighted by atomic mass is 9.92. The third-order valence-corrected chi connectivity index (χ3v) is 3.06.